The van der Waals surface area contributed by atoms with Crippen LogP contribution in [-0.2, 0) is 4.57 Å². The van der Waals surface area contributed by atoms with E-state index >= 15 is 4.57 Å². The lowest BCUT2D eigenvalue weighted by Crippen LogP contribution is -2.40. The fourth-order valence-electron chi connectivity index (χ4n) is 4.72. The Hall–Kier alpha value is -2.20. The van der Waals surface area contributed by atoms with Gasteiger partial charge in [0.25, 0.3) is 7.44 Å². The van der Waals surface area contributed by atoms with Crippen LogP contribution < -0.4 is 9.34 Å². The highest BCUT2D eigenvalue weighted by Crippen LogP contribution is 2.69. The van der Waals surface area contributed by atoms with Gasteiger partial charge in [0, 0.05) is 49.1 Å². The molecule has 2 saturated heterocycles. The fourth-order valence-corrected chi connectivity index (χ4v) is 9.34. The highest BCUT2D eigenvalue weighted by molar-refractivity contribution is 7.99. The first kappa shape index (κ1) is 20.7. The first-order chi connectivity index (χ1) is 15.3. The second-order valence-corrected chi connectivity index (χ2v) is 11.8. The lowest BCUT2D eigenvalue weighted by atomic mass is 10.2. The molecule has 0 saturated carbocycles. The maximum Gasteiger partial charge on any atom is 0.284 e. The zero-order valence-corrected chi connectivity index (χ0v) is 19.3. The second kappa shape index (κ2) is 9.12. The van der Waals surface area contributed by atoms with Gasteiger partial charge in [0.2, 0.25) is 0 Å². The number of anilines is 2. The summed E-state index contributed by atoms with van der Waals surface area (Å²) in [6.07, 6.45) is 0. The summed E-state index contributed by atoms with van der Waals surface area (Å²) in [4.78, 5) is 2.46. The Bertz CT molecular complexity index is 977. The summed E-state index contributed by atoms with van der Waals surface area (Å²) in [5, 5.41) is 0. The number of para-hydroxylation sites is 2. The minimum Gasteiger partial charge on any atom is -0.304 e. The van der Waals surface area contributed by atoms with Crippen molar-refractivity contribution >= 4 is 30.6 Å². The maximum atomic E-state index is 15.5. The number of thioether (sulfide) groups is 1. The summed E-state index contributed by atoms with van der Waals surface area (Å²) in [5.41, 5.74) is 3.22. The molecule has 0 spiro atoms. The fraction of sp³-hybridized carbons (Fsp3) is 0.280. The van der Waals surface area contributed by atoms with Crippen LogP contribution in [0.4, 0.5) is 11.4 Å². The average Bonchev–Trinajstić information content (AvgIpc) is 3.19. The van der Waals surface area contributed by atoms with Crippen LogP contribution in [0.1, 0.15) is 11.3 Å². The van der Waals surface area contributed by atoms with Crippen LogP contribution in [0.3, 0.4) is 0 Å². The van der Waals surface area contributed by atoms with Crippen LogP contribution in [0, 0.1) is 0 Å². The Morgan fingerprint density at radius 2 is 1.10 bits per heavy atom. The Morgan fingerprint density at radius 3 is 1.58 bits per heavy atom. The monoisotopic (exact) mass is 449 g/mol. The van der Waals surface area contributed by atoms with Crippen LogP contribution in [-0.4, -0.2) is 42.6 Å². The van der Waals surface area contributed by atoms with Crippen LogP contribution in [0.25, 0.3) is 0 Å². The van der Waals surface area contributed by atoms with Gasteiger partial charge in [0.1, 0.15) is 5.78 Å². The van der Waals surface area contributed by atoms with E-state index in [1.54, 1.807) is 0 Å². The molecule has 31 heavy (non-hydrogen) atoms. The summed E-state index contributed by atoms with van der Waals surface area (Å²) < 4.78 is 19.9. The van der Waals surface area contributed by atoms with Crippen molar-refractivity contribution in [3.8, 4) is 0 Å². The molecule has 6 heteroatoms. The van der Waals surface area contributed by atoms with Gasteiger partial charge in [0.15, 0.2) is 0 Å². The Balaban J connectivity index is 1.68. The summed E-state index contributed by atoms with van der Waals surface area (Å²) in [5.74, 6) is 2.00. The van der Waals surface area contributed by atoms with E-state index in [-0.39, 0.29) is 5.78 Å². The molecule has 4 nitrogen and oxygen atoms in total. The standard InChI is InChI=1S/C25H28N3OPS/c29-30(25(22-10-4-1-5-11-22)26-18-20-31-21-19-26)27(23-12-6-2-7-13-23)16-17-28(30)24-14-8-3-9-15-24/h1-15,25H,16-21H2/t25-/m0/s1. The average molecular weight is 450 g/mol. The van der Waals surface area contributed by atoms with E-state index < -0.39 is 7.44 Å². The lowest BCUT2D eigenvalue weighted by molar-refractivity contribution is 0.273. The van der Waals surface area contributed by atoms with Crippen LogP contribution >= 0.6 is 19.2 Å². The second-order valence-electron chi connectivity index (χ2n) is 7.94. The van der Waals surface area contributed by atoms with Crippen molar-refractivity contribution < 1.29 is 4.57 Å². The molecule has 2 fully saturated rings. The largest absolute Gasteiger partial charge is 0.304 e. The molecule has 2 heterocycles. The van der Waals surface area contributed by atoms with E-state index in [4.69, 9.17) is 0 Å². The third kappa shape index (κ3) is 3.91. The minimum absolute atomic E-state index is 0.169. The van der Waals surface area contributed by atoms with Crippen molar-refractivity contribution in [1.29, 1.82) is 0 Å². The van der Waals surface area contributed by atoms with Gasteiger partial charge >= 0.3 is 0 Å². The third-order valence-electron chi connectivity index (χ3n) is 6.13. The molecule has 0 aromatic heterocycles. The first-order valence-electron chi connectivity index (χ1n) is 10.9. The first-order valence-corrected chi connectivity index (χ1v) is 13.7. The summed E-state index contributed by atoms with van der Waals surface area (Å²) in [6, 6.07) is 31.1. The van der Waals surface area contributed by atoms with Crippen molar-refractivity contribution in [2.45, 2.75) is 5.78 Å². The van der Waals surface area contributed by atoms with Gasteiger partial charge in [-0.05, 0) is 29.8 Å². The number of hydrogen-bond donors (Lipinski definition) is 0. The van der Waals surface area contributed by atoms with Gasteiger partial charge in [-0.2, -0.15) is 11.8 Å². The van der Waals surface area contributed by atoms with Crippen molar-refractivity contribution in [2.75, 3.05) is 47.0 Å². The zero-order chi connectivity index (χ0) is 21.1. The third-order valence-corrected chi connectivity index (χ3v) is 10.6. The van der Waals surface area contributed by atoms with Gasteiger partial charge < -0.3 is 9.34 Å². The quantitative estimate of drug-likeness (QED) is 0.449. The molecule has 0 unspecified atom stereocenters. The molecular formula is C25H28N3OPS. The van der Waals surface area contributed by atoms with Gasteiger partial charge in [-0.25, -0.2) is 0 Å². The SMILES string of the molecule is O=P1([C@@H](c2ccccc2)N2CCSCC2)N(c2ccccc2)CCN1c1ccccc1. The molecule has 0 bridgehead atoms. The number of hydrogen-bond acceptors (Lipinski definition) is 3. The molecule has 0 aliphatic carbocycles. The van der Waals surface area contributed by atoms with E-state index in [1.165, 1.54) is 0 Å². The van der Waals surface area contributed by atoms with Crippen molar-refractivity contribution in [2.24, 2.45) is 0 Å². The minimum atomic E-state index is -3.05. The molecule has 2 aliphatic rings. The highest BCUT2D eigenvalue weighted by atomic mass is 32.2. The highest BCUT2D eigenvalue weighted by Gasteiger charge is 2.52. The Morgan fingerprint density at radius 1 is 0.645 bits per heavy atom. The van der Waals surface area contributed by atoms with E-state index in [0.717, 1.165) is 54.6 Å². The maximum absolute atomic E-state index is 15.5. The van der Waals surface area contributed by atoms with E-state index in [0.29, 0.717) is 0 Å². The number of benzene rings is 3. The smallest absolute Gasteiger partial charge is 0.284 e. The lowest BCUT2D eigenvalue weighted by Gasteiger charge is -2.44. The summed E-state index contributed by atoms with van der Waals surface area (Å²) >= 11 is 1.99. The zero-order valence-electron chi connectivity index (χ0n) is 17.6. The Kier molecular flexibility index (Phi) is 6.08. The van der Waals surface area contributed by atoms with Crippen molar-refractivity contribution in [3.05, 3.63) is 96.6 Å². The van der Waals surface area contributed by atoms with Crippen LogP contribution in [0.5, 0.6) is 0 Å². The molecule has 2 aliphatic heterocycles. The number of rotatable bonds is 5. The summed E-state index contributed by atoms with van der Waals surface area (Å²) in [7, 11) is -3.05. The molecule has 0 radical (unpaired) electrons. The molecule has 160 valence electrons. The van der Waals surface area contributed by atoms with Gasteiger partial charge in [-0.1, -0.05) is 66.7 Å². The molecule has 1 atom stereocenters. The van der Waals surface area contributed by atoms with Crippen molar-refractivity contribution in [3.63, 3.8) is 0 Å². The van der Waals surface area contributed by atoms with E-state index in [1.807, 2.05) is 54.2 Å². The molecule has 0 amide bonds. The van der Waals surface area contributed by atoms with E-state index in [9.17, 15) is 0 Å². The summed E-state index contributed by atoms with van der Waals surface area (Å²) in [6.45, 7) is 3.42. The molecule has 0 N–H and O–H groups in total. The predicted octanol–water partition coefficient (Wildman–Crippen LogP) is 5.95. The molecular weight excluding hydrogens is 421 g/mol. The van der Waals surface area contributed by atoms with E-state index in [2.05, 4.69) is 62.8 Å². The van der Waals surface area contributed by atoms with Gasteiger partial charge in [-0.15, -0.1) is 0 Å². The van der Waals surface area contributed by atoms with Crippen LogP contribution in [0.15, 0.2) is 91.0 Å². The predicted molar refractivity (Wildman–Crippen MR) is 133 cm³/mol. The molecule has 3 aromatic rings. The normalized spacial score (nSPS) is 20.0. The van der Waals surface area contributed by atoms with Gasteiger partial charge in [-0.3, -0.25) is 9.46 Å². The topological polar surface area (TPSA) is 26.8 Å². The molecule has 5 rings (SSSR count). The number of nitrogens with zero attached hydrogens (tertiary/aromatic N) is 3. The van der Waals surface area contributed by atoms with Gasteiger partial charge in [0.05, 0.1) is 0 Å². The van der Waals surface area contributed by atoms with Crippen LogP contribution in [0.2, 0.25) is 0 Å². The molecule has 3 aromatic carbocycles. The Labute approximate surface area is 189 Å². The van der Waals surface area contributed by atoms with Crippen molar-refractivity contribution in [1.82, 2.24) is 4.90 Å².